The second-order valence-electron chi connectivity index (χ2n) is 8.96. The van der Waals surface area contributed by atoms with Crippen molar-refractivity contribution in [3.8, 4) is 0 Å². The Balaban J connectivity index is 2.02. The van der Waals surface area contributed by atoms with E-state index in [0.29, 0.717) is 5.92 Å². The Hall–Kier alpha value is -2.64. The van der Waals surface area contributed by atoms with Crippen molar-refractivity contribution in [3.05, 3.63) is 113 Å². The quantitative estimate of drug-likeness (QED) is 0.326. The van der Waals surface area contributed by atoms with Crippen LogP contribution in [0.1, 0.15) is 46.1 Å². The maximum atomic E-state index is 2.47. The predicted molar refractivity (Wildman–Crippen MR) is 138 cm³/mol. The van der Waals surface area contributed by atoms with Crippen LogP contribution in [-0.2, 0) is 6.42 Å². The van der Waals surface area contributed by atoms with Crippen molar-refractivity contribution in [3.63, 3.8) is 0 Å². The first-order valence-corrected chi connectivity index (χ1v) is 13.7. The van der Waals surface area contributed by atoms with Gasteiger partial charge in [-0.05, 0) is 53.7 Å². The van der Waals surface area contributed by atoms with Gasteiger partial charge in [-0.2, -0.15) is 0 Å². The van der Waals surface area contributed by atoms with Crippen molar-refractivity contribution in [1.29, 1.82) is 0 Å². The molecule has 0 radical (unpaired) electrons. The molecule has 1 atom stereocenters. The van der Waals surface area contributed by atoms with Crippen molar-refractivity contribution < 1.29 is 0 Å². The van der Waals surface area contributed by atoms with Gasteiger partial charge in [0, 0.05) is 0 Å². The average molecular weight is 423 g/mol. The van der Waals surface area contributed by atoms with Gasteiger partial charge in [-0.3, -0.25) is 0 Å². The molecule has 158 valence electrons. The Morgan fingerprint density at radius 3 is 1.68 bits per heavy atom. The van der Waals surface area contributed by atoms with E-state index in [4.69, 9.17) is 0 Å². The van der Waals surface area contributed by atoms with E-state index in [0.717, 1.165) is 0 Å². The van der Waals surface area contributed by atoms with Crippen LogP contribution in [0.15, 0.2) is 107 Å². The van der Waals surface area contributed by atoms with Gasteiger partial charge in [0.15, 0.2) is 8.07 Å². The van der Waals surface area contributed by atoms with E-state index in [-0.39, 0.29) is 0 Å². The van der Waals surface area contributed by atoms with Crippen LogP contribution >= 0.6 is 0 Å². The maximum Gasteiger partial charge on any atom is 0.176 e. The van der Waals surface area contributed by atoms with Crippen LogP contribution in [-0.4, -0.2) is 8.07 Å². The highest BCUT2D eigenvalue weighted by Gasteiger charge is 2.46. The number of aryl methyl sites for hydroxylation is 1. The zero-order chi connectivity index (χ0) is 21.8. The molecule has 0 amide bonds. The monoisotopic (exact) mass is 422 g/mol. The fraction of sp³-hybridized carbons (Fsp3) is 0.267. The molecule has 0 spiro atoms. The molecule has 0 nitrogen and oxygen atoms in total. The zero-order valence-corrected chi connectivity index (χ0v) is 20.4. The normalized spacial score (nSPS) is 16.5. The first-order valence-electron chi connectivity index (χ1n) is 11.7. The number of benzene rings is 3. The smallest absolute Gasteiger partial charge is 0.0748 e. The van der Waals surface area contributed by atoms with E-state index >= 15 is 0 Å². The lowest BCUT2D eigenvalue weighted by Gasteiger charge is -2.38. The molecule has 1 aliphatic rings. The molecule has 0 saturated heterocycles. The van der Waals surface area contributed by atoms with Crippen LogP contribution in [0.2, 0.25) is 0 Å². The summed E-state index contributed by atoms with van der Waals surface area (Å²) in [5.74, 6) is 0.451. The Morgan fingerprint density at radius 1 is 0.710 bits per heavy atom. The predicted octanol–water partition coefficient (Wildman–Crippen LogP) is 5.95. The first kappa shape index (κ1) is 21.6. The molecule has 0 N–H and O–H groups in total. The van der Waals surface area contributed by atoms with Crippen molar-refractivity contribution in [2.24, 2.45) is 5.92 Å². The minimum absolute atomic E-state index is 0.451. The highest BCUT2D eigenvalue weighted by molar-refractivity contribution is 7.16. The largest absolute Gasteiger partial charge is 0.176 e. The summed E-state index contributed by atoms with van der Waals surface area (Å²) in [4.78, 5) is 0. The molecule has 3 aromatic carbocycles. The second-order valence-corrected chi connectivity index (χ2v) is 12.7. The fourth-order valence-corrected chi connectivity index (χ4v) is 10.9. The summed E-state index contributed by atoms with van der Waals surface area (Å²) >= 11 is 0. The second kappa shape index (κ2) is 9.24. The molecular weight excluding hydrogens is 388 g/mol. The highest BCUT2D eigenvalue weighted by atomic mass is 28.3. The van der Waals surface area contributed by atoms with Gasteiger partial charge in [-0.25, -0.2) is 0 Å². The van der Waals surface area contributed by atoms with Crippen molar-refractivity contribution in [1.82, 2.24) is 0 Å². The van der Waals surface area contributed by atoms with Crippen molar-refractivity contribution >= 4 is 23.6 Å². The molecule has 0 aliphatic heterocycles. The van der Waals surface area contributed by atoms with Crippen molar-refractivity contribution in [2.75, 3.05) is 0 Å². The van der Waals surface area contributed by atoms with Crippen LogP contribution in [0.25, 0.3) is 0 Å². The lowest BCUT2D eigenvalue weighted by Crippen LogP contribution is -2.69. The van der Waals surface area contributed by atoms with Gasteiger partial charge >= 0.3 is 0 Å². The van der Waals surface area contributed by atoms with Crippen LogP contribution < -0.4 is 15.6 Å². The van der Waals surface area contributed by atoms with Gasteiger partial charge < -0.3 is 0 Å². The van der Waals surface area contributed by atoms with Crippen molar-refractivity contribution in [2.45, 2.75) is 47.0 Å². The Morgan fingerprint density at radius 2 is 1.23 bits per heavy atom. The van der Waals surface area contributed by atoms with Gasteiger partial charge in [0.25, 0.3) is 0 Å². The number of hydrogen-bond donors (Lipinski definition) is 0. The maximum absolute atomic E-state index is 2.47. The molecule has 31 heavy (non-hydrogen) atoms. The van der Waals surface area contributed by atoms with E-state index in [1.165, 1.54) is 51.5 Å². The summed E-state index contributed by atoms with van der Waals surface area (Å²) in [5, 5.41) is 6.09. The summed E-state index contributed by atoms with van der Waals surface area (Å²) < 4.78 is 0. The van der Waals surface area contributed by atoms with Crippen LogP contribution in [0.3, 0.4) is 0 Å². The molecule has 1 aliphatic carbocycles. The third-order valence-electron chi connectivity index (χ3n) is 6.97. The summed E-state index contributed by atoms with van der Waals surface area (Å²) in [6.07, 6.45) is 6.13. The fourth-order valence-electron chi connectivity index (χ4n) is 5.41. The van der Waals surface area contributed by atoms with E-state index in [9.17, 15) is 0 Å². The average Bonchev–Trinajstić information content (AvgIpc) is 3.07. The minimum atomic E-state index is -2.39. The van der Waals surface area contributed by atoms with Crippen LogP contribution in [0.5, 0.6) is 0 Å². The zero-order valence-electron chi connectivity index (χ0n) is 19.4. The lowest BCUT2D eigenvalue weighted by atomic mass is 10.1. The third kappa shape index (κ3) is 3.88. The number of hydrogen-bond acceptors (Lipinski definition) is 0. The van der Waals surface area contributed by atoms with Gasteiger partial charge in [-0.15, -0.1) is 0 Å². The molecule has 1 unspecified atom stereocenters. The topological polar surface area (TPSA) is 0 Å². The number of unbranched alkanes of at least 4 members (excludes halogenated alkanes) is 1. The van der Waals surface area contributed by atoms with Gasteiger partial charge in [0.1, 0.15) is 0 Å². The van der Waals surface area contributed by atoms with Gasteiger partial charge in [-0.1, -0.05) is 128 Å². The van der Waals surface area contributed by atoms with Gasteiger partial charge in [0.05, 0.1) is 0 Å². The summed E-state index contributed by atoms with van der Waals surface area (Å²) in [6, 6.07) is 32.3. The van der Waals surface area contributed by atoms with Gasteiger partial charge in [0.2, 0.25) is 0 Å². The SMILES string of the molecule is CCCCc1ccc([Si](C2=C(C)C(C)=CC2C)(c2ccccc2)c2ccccc2)cc1. The highest BCUT2D eigenvalue weighted by Crippen LogP contribution is 2.36. The van der Waals surface area contributed by atoms with Crippen LogP contribution in [0, 0.1) is 5.92 Å². The van der Waals surface area contributed by atoms with E-state index in [1.54, 1.807) is 5.20 Å². The Bertz CT molecular complexity index is 1030. The van der Waals surface area contributed by atoms with E-state index < -0.39 is 8.07 Å². The summed E-state index contributed by atoms with van der Waals surface area (Å²) in [6.45, 7) is 9.28. The van der Waals surface area contributed by atoms with Crippen LogP contribution in [0.4, 0.5) is 0 Å². The molecule has 1 heteroatoms. The molecular formula is C30H34Si. The first-order chi connectivity index (χ1) is 15.1. The molecule has 4 rings (SSSR count). The summed E-state index contributed by atoms with van der Waals surface area (Å²) in [5.41, 5.74) is 4.38. The molecule has 0 heterocycles. The minimum Gasteiger partial charge on any atom is -0.0748 e. The molecule has 0 aromatic heterocycles. The molecule has 0 fully saturated rings. The third-order valence-corrected chi connectivity index (χ3v) is 12.2. The lowest BCUT2D eigenvalue weighted by molar-refractivity contribution is 0.795. The molecule has 0 saturated carbocycles. The summed E-state index contributed by atoms with van der Waals surface area (Å²) in [7, 11) is -2.39. The molecule has 3 aromatic rings. The Kier molecular flexibility index (Phi) is 6.43. The standard InChI is InChI=1S/C30H34Si/c1-5-6-13-26-18-20-29(21-19-26)31(27-14-9-7-10-15-27,28-16-11-8-12-17-28)30-24(3)22-23(2)25(30)4/h7-12,14-22,24H,5-6,13H2,1-4H3. The van der Waals surface area contributed by atoms with E-state index in [1.807, 2.05) is 0 Å². The number of allylic oxidation sites excluding steroid dienone is 4. The Labute approximate surface area is 189 Å². The molecule has 0 bridgehead atoms. The van der Waals surface area contributed by atoms with E-state index in [2.05, 4.69) is 119 Å². The number of rotatable bonds is 7.